The number of benzene rings is 1. The summed E-state index contributed by atoms with van der Waals surface area (Å²) in [4.78, 5) is 27.5. The number of carbonyl (C=O) groups is 2. The summed E-state index contributed by atoms with van der Waals surface area (Å²) in [5, 5.41) is 12.1. The van der Waals surface area contributed by atoms with Gasteiger partial charge >= 0.3 is 0 Å². The second kappa shape index (κ2) is 9.62. The summed E-state index contributed by atoms with van der Waals surface area (Å²) < 4.78 is 0. The standard InChI is InChI=1S/C20H26N4O2/c1-3-23(18-8-4-7-16(2)13-18)15-17(14-21)20(26)22-10-6-12-24-11-5-9-19(24)25/h4,7-8,13,15H,3,5-6,9-12H2,1-2H3,(H,22,26)/b17-15-. The molecule has 0 bridgehead atoms. The zero-order valence-corrected chi connectivity index (χ0v) is 15.5. The molecule has 0 atom stereocenters. The summed E-state index contributed by atoms with van der Waals surface area (Å²) in [5.41, 5.74) is 2.14. The first-order chi connectivity index (χ1) is 12.5. The molecule has 6 heteroatoms. The maximum absolute atomic E-state index is 12.3. The first-order valence-electron chi connectivity index (χ1n) is 9.06. The maximum Gasteiger partial charge on any atom is 0.263 e. The lowest BCUT2D eigenvalue weighted by Gasteiger charge is -2.19. The van der Waals surface area contributed by atoms with Gasteiger partial charge in [-0.3, -0.25) is 9.59 Å². The molecule has 0 aromatic heterocycles. The van der Waals surface area contributed by atoms with Crippen LogP contribution in [0, 0.1) is 18.3 Å². The topological polar surface area (TPSA) is 76.4 Å². The van der Waals surface area contributed by atoms with E-state index in [0.717, 1.165) is 24.2 Å². The number of nitrogens with zero attached hydrogens (tertiary/aromatic N) is 3. The highest BCUT2D eigenvalue weighted by molar-refractivity contribution is 5.97. The molecule has 0 unspecified atom stereocenters. The monoisotopic (exact) mass is 354 g/mol. The Morgan fingerprint density at radius 1 is 1.46 bits per heavy atom. The Bertz CT molecular complexity index is 721. The van der Waals surface area contributed by atoms with Crippen LogP contribution in [0.2, 0.25) is 0 Å². The Kier molecular flexibility index (Phi) is 7.22. The minimum atomic E-state index is -0.383. The number of likely N-dealkylation sites (tertiary alicyclic amines) is 1. The van der Waals surface area contributed by atoms with Crippen LogP contribution in [0.4, 0.5) is 5.69 Å². The number of anilines is 1. The van der Waals surface area contributed by atoms with Crippen LogP contribution in [0.5, 0.6) is 0 Å². The van der Waals surface area contributed by atoms with Crippen molar-refractivity contribution in [3.05, 3.63) is 41.6 Å². The van der Waals surface area contributed by atoms with Gasteiger partial charge in [0.2, 0.25) is 5.91 Å². The third-order valence-corrected chi connectivity index (χ3v) is 4.39. The van der Waals surface area contributed by atoms with Gasteiger partial charge < -0.3 is 15.1 Å². The third-order valence-electron chi connectivity index (χ3n) is 4.39. The van der Waals surface area contributed by atoms with E-state index in [1.807, 2.05) is 54.0 Å². The minimum absolute atomic E-state index is 0.0746. The van der Waals surface area contributed by atoms with Crippen LogP contribution in [0.25, 0.3) is 0 Å². The summed E-state index contributed by atoms with van der Waals surface area (Å²) in [6, 6.07) is 9.90. The molecule has 0 saturated carbocycles. The number of nitriles is 1. The quantitative estimate of drug-likeness (QED) is 0.442. The molecule has 1 fully saturated rings. The molecule has 1 saturated heterocycles. The van der Waals surface area contributed by atoms with Crippen molar-refractivity contribution in [3.8, 4) is 6.07 Å². The fraction of sp³-hybridized carbons (Fsp3) is 0.450. The van der Waals surface area contributed by atoms with Crippen molar-refractivity contribution in [1.29, 1.82) is 5.26 Å². The van der Waals surface area contributed by atoms with Crippen LogP contribution in [0.3, 0.4) is 0 Å². The molecule has 0 radical (unpaired) electrons. The van der Waals surface area contributed by atoms with Gasteiger partial charge in [0.05, 0.1) is 0 Å². The van der Waals surface area contributed by atoms with Crippen molar-refractivity contribution in [2.75, 3.05) is 31.1 Å². The number of carbonyl (C=O) groups excluding carboxylic acids is 2. The van der Waals surface area contributed by atoms with Crippen LogP contribution in [0.15, 0.2) is 36.0 Å². The van der Waals surface area contributed by atoms with Gasteiger partial charge in [-0.05, 0) is 44.4 Å². The Balaban J connectivity index is 1.91. The number of hydrogen-bond donors (Lipinski definition) is 1. The van der Waals surface area contributed by atoms with Gasteiger partial charge in [-0.25, -0.2) is 0 Å². The Morgan fingerprint density at radius 3 is 2.88 bits per heavy atom. The zero-order valence-electron chi connectivity index (χ0n) is 15.5. The molecule has 1 aliphatic rings. The van der Waals surface area contributed by atoms with Crippen LogP contribution < -0.4 is 10.2 Å². The number of amides is 2. The average Bonchev–Trinajstić information content (AvgIpc) is 3.04. The summed E-state index contributed by atoms with van der Waals surface area (Å²) >= 11 is 0. The van der Waals surface area contributed by atoms with Gasteiger partial charge in [-0.1, -0.05) is 12.1 Å². The van der Waals surface area contributed by atoms with Crippen LogP contribution in [-0.2, 0) is 9.59 Å². The van der Waals surface area contributed by atoms with E-state index in [0.29, 0.717) is 32.5 Å². The van der Waals surface area contributed by atoms with E-state index in [1.54, 1.807) is 6.20 Å². The van der Waals surface area contributed by atoms with Crippen molar-refractivity contribution in [1.82, 2.24) is 10.2 Å². The molecule has 1 aromatic rings. The van der Waals surface area contributed by atoms with Crippen molar-refractivity contribution >= 4 is 17.5 Å². The first kappa shape index (κ1) is 19.5. The molecule has 1 aromatic carbocycles. The molecule has 0 aliphatic carbocycles. The molecule has 138 valence electrons. The molecular weight excluding hydrogens is 328 g/mol. The lowest BCUT2D eigenvalue weighted by Crippen LogP contribution is -2.31. The number of nitrogens with one attached hydrogen (secondary N) is 1. The van der Waals surface area contributed by atoms with E-state index in [9.17, 15) is 14.9 Å². The molecule has 6 nitrogen and oxygen atoms in total. The van der Waals surface area contributed by atoms with Crippen molar-refractivity contribution in [3.63, 3.8) is 0 Å². The highest BCUT2D eigenvalue weighted by Gasteiger charge is 2.19. The Labute approximate surface area is 155 Å². The second-order valence-corrected chi connectivity index (χ2v) is 6.37. The van der Waals surface area contributed by atoms with E-state index < -0.39 is 0 Å². The SMILES string of the molecule is CCN(/C=C(/C#N)C(=O)NCCCN1CCCC1=O)c1cccc(C)c1. The molecule has 0 spiro atoms. The second-order valence-electron chi connectivity index (χ2n) is 6.37. The van der Waals surface area contributed by atoms with Gasteiger partial charge in [0.15, 0.2) is 0 Å². The Hall–Kier alpha value is -2.81. The summed E-state index contributed by atoms with van der Waals surface area (Å²) in [6.07, 6.45) is 3.82. The fourth-order valence-corrected chi connectivity index (χ4v) is 2.96. The number of hydrogen-bond acceptors (Lipinski definition) is 4. The normalized spacial score (nSPS) is 14.3. The molecule has 1 aliphatic heterocycles. The van der Waals surface area contributed by atoms with Gasteiger partial charge in [0.1, 0.15) is 11.6 Å². The highest BCUT2D eigenvalue weighted by atomic mass is 16.2. The van der Waals surface area contributed by atoms with Crippen LogP contribution in [0.1, 0.15) is 31.7 Å². The van der Waals surface area contributed by atoms with Crippen molar-refractivity contribution < 1.29 is 9.59 Å². The first-order valence-corrected chi connectivity index (χ1v) is 9.06. The lowest BCUT2D eigenvalue weighted by molar-refractivity contribution is -0.127. The number of aryl methyl sites for hydroxylation is 1. The largest absolute Gasteiger partial charge is 0.351 e. The fourth-order valence-electron chi connectivity index (χ4n) is 2.96. The highest BCUT2D eigenvalue weighted by Crippen LogP contribution is 2.17. The van der Waals surface area contributed by atoms with Gasteiger partial charge in [-0.15, -0.1) is 0 Å². The molecule has 26 heavy (non-hydrogen) atoms. The zero-order chi connectivity index (χ0) is 18.9. The predicted octanol–water partition coefficient (Wildman–Crippen LogP) is 2.36. The summed E-state index contributed by atoms with van der Waals surface area (Å²) in [7, 11) is 0. The molecular formula is C20H26N4O2. The molecule has 2 rings (SSSR count). The summed E-state index contributed by atoms with van der Waals surface area (Å²) in [5.74, 6) is -0.197. The smallest absolute Gasteiger partial charge is 0.263 e. The van der Waals surface area contributed by atoms with Crippen molar-refractivity contribution in [2.45, 2.75) is 33.1 Å². The predicted molar refractivity (Wildman–Crippen MR) is 101 cm³/mol. The molecule has 1 heterocycles. The Morgan fingerprint density at radius 2 is 2.27 bits per heavy atom. The maximum atomic E-state index is 12.3. The van der Waals surface area contributed by atoms with E-state index in [-0.39, 0.29) is 17.4 Å². The van der Waals surface area contributed by atoms with E-state index in [4.69, 9.17) is 0 Å². The van der Waals surface area contributed by atoms with Gasteiger partial charge in [0, 0.05) is 44.5 Å². The average molecular weight is 354 g/mol. The van der Waals surface area contributed by atoms with Crippen LogP contribution in [-0.4, -0.2) is 42.9 Å². The van der Waals surface area contributed by atoms with Crippen molar-refractivity contribution in [2.24, 2.45) is 0 Å². The van der Waals surface area contributed by atoms with E-state index >= 15 is 0 Å². The number of rotatable bonds is 8. The third kappa shape index (κ3) is 5.35. The van der Waals surface area contributed by atoms with E-state index in [1.165, 1.54) is 0 Å². The van der Waals surface area contributed by atoms with Gasteiger partial charge in [-0.2, -0.15) is 5.26 Å². The summed E-state index contributed by atoms with van der Waals surface area (Å²) in [6.45, 7) is 6.52. The lowest BCUT2D eigenvalue weighted by atomic mass is 10.2. The molecule has 2 amide bonds. The minimum Gasteiger partial charge on any atom is -0.351 e. The van der Waals surface area contributed by atoms with Gasteiger partial charge in [0.25, 0.3) is 5.91 Å². The van der Waals surface area contributed by atoms with Crippen LogP contribution >= 0.6 is 0 Å². The molecule has 1 N–H and O–H groups in total. The van der Waals surface area contributed by atoms with E-state index in [2.05, 4.69) is 5.32 Å².